The van der Waals surface area contributed by atoms with Gasteiger partial charge in [0.1, 0.15) is 5.82 Å². The second-order valence-electron chi connectivity index (χ2n) is 5.80. The summed E-state index contributed by atoms with van der Waals surface area (Å²) in [6.07, 6.45) is 0. The Morgan fingerprint density at radius 2 is 1.85 bits per heavy atom. The number of carbonyl (C=O) groups excluding carboxylic acids is 2. The van der Waals surface area contributed by atoms with Crippen LogP contribution in [0.25, 0.3) is 10.9 Å². The van der Waals surface area contributed by atoms with Crippen LogP contribution >= 0.6 is 11.6 Å². The van der Waals surface area contributed by atoms with E-state index in [0.717, 1.165) is 0 Å². The third kappa shape index (κ3) is 3.81. The number of halogens is 2. The van der Waals surface area contributed by atoms with Gasteiger partial charge in [-0.15, -0.1) is 0 Å². The number of anilines is 2. The number of aromatic nitrogens is 1. The van der Waals surface area contributed by atoms with E-state index < -0.39 is 11.7 Å². The monoisotopic (exact) mass is 371 g/mol. The average molecular weight is 372 g/mol. The molecule has 2 N–H and O–H groups in total. The van der Waals surface area contributed by atoms with Crippen LogP contribution in [0.15, 0.2) is 42.5 Å². The van der Waals surface area contributed by atoms with E-state index in [2.05, 4.69) is 15.6 Å². The normalized spacial score (nSPS) is 10.6. The molecular weight excluding hydrogens is 357 g/mol. The van der Waals surface area contributed by atoms with Gasteiger partial charge in [0, 0.05) is 29.8 Å². The summed E-state index contributed by atoms with van der Waals surface area (Å²) in [7, 11) is 0. The summed E-state index contributed by atoms with van der Waals surface area (Å²) in [6, 6.07) is 10.5. The summed E-state index contributed by atoms with van der Waals surface area (Å²) in [5, 5.41) is 6.22. The molecule has 0 radical (unpaired) electrons. The van der Waals surface area contributed by atoms with E-state index >= 15 is 0 Å². The van der Waals surface area contributed by atoms with E-state index in [1.54, 1.807) is 31.2 Å². The van der Waals surface area contributed by atoms with Crippen molar-refractivity contribution in [3.05, 3.63) is 64.6 Å². The van der Waals surface area contributed by atoms with Crippen LogP contribution in [0, 0.1) is 12.7 Å². The number of carbonyl (C=O) groups is 2. The van der Waals surface area contributed by atoms with Crippen LogP contribution in [0.3, 0.4) is 0 Å². The fourth-order valence-electron chi connectivity index (χ4n) is 2.61. The SMILES string of the molecule is CC(=O)Nc1ccc(Cl)c(NC(=O)c2cc(C)nc3cc(F)ccc23)c1. The maximum absolute atomic E-state index is 13.5. The molecule has 0 aliphatic rings. The second kappa shape index (κ2) is 7.09. The number of nitrogens with zero attached hydrogens (tertiary/aromatic N) is 1. The minimum absolute atomic E-state index is 0.234. The van der Waals surface area contributed by atoms with Crippen LogP contribution in [-0.2, 0) is 4.79 Å². The number of pyridine rings is 1. The quantitative estimate of drug-likeness (QED) is 0.709. The Morgan fingerprint density at radius 1 is 1.08 bits per heavy atom. The number of hydrogen-bond acceptors (Lipinski definition) is 3. The average Bonchev–Trinajstić information content (AvgIpc) is 2.56. The summed E-state index contributed by atoms with van der Waals surface area (Å²) in [5.41, 5.74) is 2.20. The molecule has 5 nitrogen and oxygen atoms in total. The largest absolute Gasteiger partial charge is 0.326 e. The highest BCUT2D eigenvalue weighted by Crippen LogP contribution is 2.27. The first-order chi connectivity index (χ1) is 12.3. The standard InChI is InChI=1S/C19H15ClFN3O2/c1-10-7-15(14-5-3-12(21)8-17(14)22-10)19(26)24-18-9-13(23-11(2)25)4-6-16(18)20/h3-9H,1-2H3,(H,23,25)(H,24,26). The lowest BCUT2D eigenvalue weighted by molar-refractivity contribution is -0.114. The number of aryl methyl sites for hydroxylation is 1. The third-order valence-electron chi connectivity index (χ3n) is 3.68. The first kappa shape index (κ1) is 17.8. The Bertz CT molecular complexity index is 1030. The van der Waals surface area contributed by atoms with Crippen molar-refractivity contribution in [2.45, 2.75) is 13.8 Å². The molecule has 26 heavy (non-hydrogen) atoms. The van der Waals surface area contributed by atoms with E-state index in [9.17, 15) is 14.0 Å². The van der Waals surface area contributed by atoms with Gasteiger partial charge in [-0.3, -0.25) is 14.6 Å². The van der Waals surface area contributed by atoms with Gasteiger partial charge in [0.25, 0.3) is 5.91 Å². The molecule has 0 fully saturated rings. The van der Waals surface area contributed by atoms with Crippen molar-refractivity contribution < 1.29 is 14.0 Å². The van der Waals surface area contributed by atoms with Crippen LogP contribution in [0.4, 0.5) is 15.8 Å². The van der Waals surface area contributed by atoms with E-state index in [4.69, 9.17) is 11.6 Å². The molecule has 0 saturated carbocycles. The minimum atomic E-state index is -0.423. The molecule has 2 amide bonds. The van der Waals surface area contributed by atoms with E-state index in [1.807, 2.05) is 0 Å². The number of amides is 2. The molecule has 3 rings (SSSR count). The van der Waals surface area contributed by atoms with Crippen molar-refractivity contribution in [3.8, 4) is 0 Å². The number of nitrogens with one attached hydrogen (secondary N) is 2. The zero-order chi connectivity index (χ0) is 18.8. The predicted molar refractivity (Wildman–Crippen MR) is 100 cm³/mol. The molecule has 1 aromatic heterocycles. The van der Waals surface area contributed by atoms with Crippen LogP contribution in [0.1, 0.15) is 23.0 Å². The minimum Gasteiger partial charge on any atom is -0.326 e. The highest BCUT2D eigenvalue weighted by atomic mass is 35.5. The van der Waals surface area contributed by atoms with Gasteiger partial charge in [-0.05, 0) is 43.3 Å². The van der Waals surface area contributed by atoms with Gasteiger partial charge in [-0.25, -0.2) is 4.39 Å². The van der Waals surface area contributed by atoms with Gasteiger partial charge < -0.3 is 10.6 Å². The smallest absolute Gasteiger partial charge is 0.256 e. The lowest BCUT2D eigenvalue weighted by Crippen LogP contribution is -2.14. The van der Waals surface area contributed by atoms with Gasteiger partial charge in [-0.1, -0.05) is 11.6 Å². The molecule has 0 bridgehead atoms. The van der Waals surface area contributed by atoms with Gasteiger partial charge >= 0.3 is 0 Å². The molecule has 7 heteroatoms. The Labute approximate surface area is 154 Å². The van der Waals surface area contributed by atoms with Gasteiger partial charge in [-0.2, -0.15) is 0 Å². The molecule has 0 unspecified atom stereocenters. The molecular formula is C19H15ClFN3O2. The van der Waals surface area contributed by atoms with Crippen LogP contribution in [-0.4, -0.2) is 16.8 Å². The first-order valence-corrected chi connectivity index (χ1v) is 8.16. The number of benzene rings is 2. The molecule has 3 aromatic rings. The first-order valence-electron chi connectivity index (χ1n) is 7.79. The second-order valence-corrected chi connectivity index (χ2v) is 6.21. The zero-order valence-corrected chi connectivity index (χ0v) is 14.8. The molecule has 0 spiro atoms. The summed E-state index contributed by atoms with van der Waals surface area (Å²) >= 11 is 6.15. The fourth-order valence-corrected chi connectivity index (χ4v) is 2.78. The van der Waals surface area contributed by atoms with Crippen LogP contribution in [0.5, 0.6) is 0 Å². The molecule has 2 aromatic carbocycles. The summed E-state index contributed by atoms with van der Waals surface area (Å²) in [6.45, 7) is 3.11. The van der Waals surface area contributed by atoms with Crippen LogP contribution < -0.4 is 10.6 Å². The van der Waals surface area contributed by atoms with Crippen molar-refractivity contribution >= 4 is 45.7 Å². The maximum atomic E-state index is 13.5. The predicted octanol–water partition coefficient (Wildman–Crippen LogP) is 4.55. The van der Waals surface area contributed by atoms with Crippen molar-refractivity contribution in [1.29, 1.82) is 0 Å². The topological polar surface area (TPSA) is 71.1 Å². The highest BCUT2D eigenvalue weighted by molar-refractivity contribution is 6.34. The molecule has 0 atom stereocenters. The van der Waals surface area contributed by atoms with Crippen molar-refractivity contribution in [2.24, 2.45) is 0 Å². The Balaban J connectivity index is 1.98. The zero-order valence-electron chi connectivity index (χ0n) is 14.1. The van der Waals surface area contributed by atoms with Crippen molar-refractivity contribution in [2.75, 3.05) is 10.6 Å². The summed E-state index contributed by atoms with van der Waals surface area (Å²) < 4.78 is 13.5. The van der Waals surface area contributed by atoms with E-state index in [-0.39, 0.29) is 5.91 Å². The Morgan fingerprint density at radius 3 is 2.58 bits per heavy atom. The molecule has 0 aliphatic heterocycles. The molecule has 132 valence electrons. The third-order valence-corrected chi connectivity index (χ3v) is 4.01. The molecule has 0 saturated heterocycles. The number of fused-ring (bicyclic) bond motifs is 1. The number of rotatable bonds is 3. The Kier molecular flexibility index (Phi) is 4.86. The van der Waals surface area contributed by atoms with Crippen molar-refractivity contribution in [1.82, 2.24) is 4.98 Å². The molecule has 0 aliphatic carbocycles. The van der Waals surface area contributed by atoms with Crippen molar-refractivity contribution in [3.63, 3.8) is 0 Å². The number of hydrogen-bond donors (Lipinski definition) is 2. The van der Waals surface area contributed by atoms with E-state index in [1.165, 1.54) is 25.1 Å². The maximum Gasteiger partial charge on any atom is 0.256 e. The van der Waals surface area contributed by atoms with Crippen LogP contribution in [0.2, 0.25) is 5.02 Å². The molecule has 1 heterocycles. The van der Waals surface area contributed by atoms with Gasteiger partial charge in [0.2, 0.25) is 5.91 Å². The fraction of sp³-hybridized carbons (Fsp3) is 0.105. The highest BCUT2D eigenvalue weighted by Gasteiger charge is 2.15. The summed E-state index contributed by atoms with van der Waals surface area (Å²) in [4.78, 5) is 28.2. The summed E-state index contributed by atoms with van der Waals surface area (Å²) in [5.74, 6) is -1.07. The lowest BCUT2D eigenvalue weighted by atomic mass is 10.1. The van der Waals surface area contributed by atoms with E-state index in [0.29, 0.717) is 38.6 Å². The van der Waals surface area contributed by atoms with Gasteiger partial charge in [0.05, 0.1) is 21.8 Å². The lowest BCUT2D eigenvalue weighted by Gasteiger charge is -2.12. The Hall–Kier alpha value is -2.99. The van der Waals surface area contributed by atoms with Gasteiger partial charge in [0.15, 0.2) is 0 Å².